The molecule has 17 heavy (non-hydrogen) atoms. The summed E-state index contributed by atoms with van der Waals surface area (Å²) in [5.74, 6) is 0.377. The van der Waals surface area contributed by atoms with Crippen LogP contribution < -0.4 is 0 Å². The fourth-order valence-corrected chi connectivity index (χ4v) is 2.74. The van der Waals surface area contributed by atoms with Crippen molar-refractivity contribution in [2.45, 2.75) is 33.2 Å². The summed E-state index contributed by atoms with van der Waals surface area (Å²) in [6.45, 7) is 7.07. The van der Waals surface area contributed by atoms with Crippen LogP contribution in [0.5, 0.6) is 0 Å². The molecule has 2 aromatic heterocycles. The third-order valence-electron chi connectivity index (χ3n) is 2.88. The highest BCUT2D eigenvalue weighted by Crippen LogP contribution is 2.25. The smallest absolute Gasteiger partial charge is 0.112 e. The summed E-state index contributed by atoms with van der Waals surface area (Å²) in [4.78, 5) is 4.28. The van der Waals surface area contributed by atoms with Crippen LogP contribution in [0.3, 0.4) is 0 Å². The van der Waals surface area contributed by atoms with Crippen molar-refractivity contribution in [1.29, 1.82) is 5.26 Å². The first kappa shape index (κ1) is 11.9. The van der Waals surface area contributed by atoms with Crippen molar-refractivity contribution in [3.63, 3.8) is 0 Å². The molecule has 0 unspecified atom stereocenters. The summed E-state index contributed by atoms with van der Waals surface area (Å²) >= 11 is 1.64. The average Bonchev–Trinajstić information content (AvgIpc) is 2.88. The molecule has 0 aliphatic heterocycles. The Hall–Kier alpha value is -1.60. The molecule has 0 fully saturated rings. The highest BCUT2D eigenvalue weighted by Gasteiger charge is 2.15. The Balaban J connectivity index is 2.40. The van der Waals surface area contributed by atoms with E-state index in [1.165, 1.54) is 5.69 Å². The largest absolute Gasteiger partial charge is 0.343 e. The van der Waals surface area contributed by atoms with Gasteiger partial charge < -0.3 is 4.57 Å². The molecule has 2 heterocycles. The number of thiazole rings is 1. The van der Waals surface area contributed by atoms with E-state index in [1.54, 1.807) is 11.3 Å². The number of nitriles is 1. The second-order valence-corrected chi connectivity index (χ2v) is 5.34. The predicted octanol–water partition coefficient (Wildman–Crippen LogP) is 3.30. The molecule has 0 aliphatic carbocycles. The van der Waals surface area contributed by atoms with E-state index in [-0.39, 0.29) is 0 Å². The number of hydrogen-bond donors (Lipinski definition) is 0. The van der Waals surface area contributed by atoms with Gasteiger partial charge >= 0.3 is 0 Å². The minimum atomic E-state index is 0.377. The molecule has 88 valence electrons. The first-order valence-electron chi connectivity index (χ1n) is 5.61. The lowest BCUT2D eigenvalue weighted by molar-refractivity contribution is 0.752. The zero-order chi connectivity index (χ0) is 12.4. The van der Waals surface area contributed by atoms with Crippen LogP contribution in [-0.2, 0) is 6.54 Å². The van der Waals surface area contributed by atoms with E-state index in [0.29, 0.717) is 5.92 Å². The summed E-state index contributed by atoms with van der Waals surface area (Å²) in [5.41, 5.74) is 3.12. The Kier molecular flexibility index (Phi) is 3.30. The highest BCUT2D eigenvalue weighted by molar-refractivity contribution is 7.09. The van der Waals surface area contributed by atoms with Crippen LogP contribution in [0.15, 0.2) is 17.8 Å². The molecule has 0 radical (unpaired) electrons. The molecule has 0 atom stereocenters. The van der Waals surface area contributed by atoms with Gasteiger partial charge in [-0.2, -0.15) is 5.26 Å². The van der Waals surface area contributed by atoms with Gasteiger partial charge in [-0.25, -0.2) is 4.98 Å². The van der Waals surface area contributed by atoms with Crippen molar-refractivity contribution in [2.24, 2.45) is 0 Å². The molecular weight excluding hydrogens is 230 g/mol. The molecule has 0 N–H and O–H groups in total. The van der Waals surface area contributed by atoms with Crippen LogP contribution in [0.25, 0.3) is 0 Å². The summed E-state index contributed by atoms with van der Waals surface area (Å²) < 4.78 is 2.12. The van der Waals surface area contributed by atoms with Gasteiger partial charge in [-0.3, -0.25) is 0 Å². The van der Waals surface area contributed by atoms with E-state index in [1.807, 2.05) is 17.8 Å². The zero-order valence-electron chi connectivity index (χ0n) is 10.3. The van der Waals surface area contributed by atoms with Gasteiger partial charge in [0.15, 0.2) is 0 Å². The maximum atomic E-state index is 9.15. The molecule has 0 aliphatic rings. The molecule has 0 amide bonds. The van der Waals surface area contributed by atoms with Crippen molar-refractivity contribution in [3.05, 3.63) is 39.6 Å². The SMILES string of the molecule is Cc1c(C(C)C)c(C#N)cn1Cc1nccs1. The minimum absolute atomic E-state index is 0.377. The van der Waals surface area contributed by atoms with E-state index in [0.717, 1.165) is 22.7 Å². The van der Waals surface area contributed by atoms with Crippen molar-refractivity contribution in [3.8, 4) is 6.07 Å². The van der Waals surface area contributed by atoms with Crippen LogP contribution in [0.4, 0.5) is 0 Å². The molecule has 2 rings (SSSR count). The number of nitrogens with zero attached hydrogens (tertiary/aromatic N) is 3. The molecule has 0 saturated carbocycles. The van der Waals surface area contributed by atoms with Crippen molar-refractivity contribution in [2.75, 3.05) is 0 Å². The first-order valence-corrected chi connectivity index (χ1v) is 6.49. The second-order valence-electron chi connectivity index (χ2n) is 4.36. The Morgan fingerprint density at radius 1 is 1.53 bits per heavy atom. The quantitative estimate of drug-likeness (QED) is 0.832. The van der Waals surface area contributed by atoms with Gasteiger partial charge in [-0.05, 0) is 18.4 Å². The normalized spacial score (nSPS) is 10.8. The fourth-order valence-electron chi connectivity index (χ4n) is 2.13. The van der Waals surface area contributed by atoms with Crippen LogP contribution in [0.1, 0.15) is 41.6 Å². The molecule has 3 nitrogen and oxygen atoms in total. The van der Waals surface area contributed by atoms with E-state index >= 15 is 0 Å². The Labute approximate surface area is 105 Å². The molecule has 0 aromatic carbocycles. The number of aromatic nitrogens is 2. The molecule has 4 heteroatoms. The van der Waals surface area contributed by atoms with Gasteiger partial charge in [0, 0.05) is 23.5 Å². The Bertz CT molecular complexity index is 544. The van der Waals surface area contributed by atoms with Crippen molar-refractivity contribution in [1.82, 2.24) is 9.55 Å². The average molecular weight is 245 g/mol. The molecule has 2 aromatic rings. The Morgan fingerprint density at radius 3 is 2.76 bits per heavy atom. The highest BCUT2D eigenvalue weighted by atomic mass is 32.1. The molecule has 0 saturated heterocycles. The minimum Gasteiger partial charge on any atom is -0.343 e. The fraction of sp³-hybridized carbons (Fsp3) is 0.385. The third-order valence-corrected chi connectivity index (χ3v) is 3.65. The lowest BCUT2D eigenvalue weighted by Gasteiger charge is -2.07. The lowest BCUT2D eigenvalue weighted by Crippen LogP contribution is -2.01. The lowest BCUT2D eigenvalue weighted by atomic mass is 10.00. The summed E-state index contributed by atoms with van der Waals surface area (Å²) in [6.07, 6.45) is 3.75. The van der Waals surface area contributed by atoms with Gasteiger partial charge in [0.25, 0.3) is 0 Å². The molecule has 0 spiro atoms. The van der Waals surface area contributed by atoms with Gasteiger partial charge in [0.05, 0.1) is 12.1 Å². The van der Waals surface area contributed by atoms with E-state index in [9.17, 15) is 0 Å². The topological polar surface area (TPSA) is 41.6 Å². The van der Waals surface area contributed by atoms with E-state index in [2.05, 4.69) is 36.4 Å². The summed E-state index contributed by atoms with van der Waals surface area (Å²) in [6, 6.07) is 2.28. The number of rotatable bonds is 3. The van der Waals surface area contributed by atoms with Crippen LogP contribution in [0, 0.1) is 18.3 Å². The monoisotopic (exact) mass is 245 g/mol. The van der Waals surface area contributed by atoms with E-state index in [4.69, 9.17) is 5.26 Å². The van der Waals surface area contributed by atoms with Gasteiger partial charge in [0.1, 0.15) is 11.1 Å². The van der Waals surface area contributed by atoms with E-state index < -0.39 is 0 Å². The predicted molar refractivity (Wildman–Crippen MR) is 69.2 cm³/mol. The first-order chi connectivity index (χ1) is 8.13. The molecular formula is C13H15N3S. The second kappa shape index (κ2) is 4.72. The van der Waals surface area contributed by atoms with Gasteiger partial charge in [-0.15, -0.1) is 11.3 Å². The maximum Gasteiger partial charge on any atom is 0.112 e. The summed E-state index contributed by atoms with van der Waals surface area (Å²) in [5, 5.41) is 12.2. The summed E-state index contributed by atoms with van der Waals surface area (Å²) in [7, 11) is 0. The maximum absolute atomic E-state index is 9.15. The zero-order valence-corrected chi connectivity index (χ0v) is 11.1. The van der Waals surface area contributed by atoms with Gasteiger partial charge in [0.2, 0.25) is 0 Å². The standard InChI is InChI=1S/C13H15N3S/c1-9(2)13-10(3)16(7-11(13)6-14)8-12-15-4-5-17-12/h4-5,7,9H,8H2,1-3H3. The van der Waals surface area contributed by atoms with Gasteiger partial charge in [-0.1, -0.05) is 13.8 Å². The van der Waals surface area contributed by atoms with Crippen LogP contribution in [0.2, 0.25) is 0 Å². The van der Waals surface area contributed by atoms with Crippen LogP contribution >= 0.6 is 11.3 Å². The third kappa shape index (κ3) is 2.25. The Morgan fingerprint density at radius 2 is 2.29 bits per heavy atom. The van der Waals surface area contributed by atoms with Crippen LogP contribution in [-0.4, -0.2) is 9.55 Å². The van der Waals surface area contributed by atoms with Crippen molar-refractivity contribution >= 4 is 11.3 Å². The van der Waals surface area contributed by atoms with Crippen molar-refractivity contribution < 1.29 is 0 Å². The number of hydrogen-bond acceptors (Lipinski definition) is 3. The molecule has 0 bridgehead atoms.